The summed E-state index contributed by atoms with van der Waals surface area (Å²) >= 11 is 7.41. The van der Waals surface area contributed by atoms with Crippen molar-refractivity contribution in [2.24, 2.45) is 11.8 Å². The normalized spacial score (nSPS) is 19.9. The molecule has 144 valence electrons. The Balaban J connectivity index is 1.72. The van der Waals surface area contributed by atoms with Crippen LogP contribution in [0.25, 0.3) is 11.4 Å². The first kappa shape index (κ1) is 20.0. The Morgan fingerprint density at radius 3 is 2.56 bits per heavy atom. The van der Waals surface area contributed by atoms with E-state index >= 15 is 0 Å². The van der Waals surface area contributed by atoms with E-state index in [0.717, 1.165) is 29.6 Å². The van der Waals surface area contributed by atoms with E-state index in [1.54, 1.807) is 0 Å². The molecule has 1 aromatic heterocycles. The molecule has 2 aromatic rings. The van der Waals surface area contributed by atoms with Gasteiger partial charge in [-0.3, -0.25) is 9.36 Å². The van der Waals surface area contributed by atoms with Crippen LogP contribution in [0, 0.1) is 11.8 Å². The number of aromatic nitrogens is 3. The molecule has 2 heterocycles. The molecule has 1 amide bonds. The number of halogens is 1. The fourth-order valence-corrected chi connectivity index (χ4v) is 4.56. The number of thioether (sulfide) groups is 1. The molecule has 2 atom stereocenters. The van der Waals surface area contributed by atoms with Crippen molar-refractivity contribution in [1.29, 1.82) is 0 Å². The van der Waals surface area contributed by atoms with Gasteiger partial charge in [0.15, 0.2) is 11.0 Å². The van der Waals surface area contributed by atoms with E-state index in [-0.39, 0.29) is 5.91 Å². The molecule has 0 aliphatic carbocycles. The quantitative estimate of drug-likeness (QED) is 0.529. The smallest absolute Gasteiger partial charge is 0.233 e. The number of allylic oxidation sites excluding steroid dienone is 1. The predicted octanol–water partition coefficient (Wildman–Crippen LogP) is 4.38. The molecular weight excluding hydrogens is 380 g/mol. The summed E-state index contributed by atoms with van der Waals surface area (Å²) in [6.45, 7) is 10.5. The number of carbonyl (C=O) groups is 1. The van der Waals surface area contributed by atoms with Crippen LogP contribution in [-0.4, -0.2) is 44.4 Å². The van der Waals surface area contributed by atoms with Gasteiger partial charge in [-0.05, 0) is 42.5 Å². The third kappa shape index (κ3) is 4.93. The highest BCUT2D eigenvalue weighted by Crippen LogP contribution is 2.26. The lowest BCUT2D eigenvalue weighted by atomic mass is 9.92. The highest BCUT2D eigenvalue weighted by molar-refractivity contribution is 7.99. The first-order valence-electron chi connectivity index (χ1n) is 9.18. The van der Waals surface area contributed by atoms with E-state index in [0.29, 0.717) is 29.2 Å². The van der Waals surface area contributed by atoms with Crippen molar-refractivity contribution >= 4 is 29.3 Å². The van der Waals surface area contributed by atoms with Gasteiger partial charge < -0.3 is 4.90 Å². The van der Waals surface area contributed by atoms with Gasteiger partial charge in [-0.1, -0.05) is 43.3 Å². The summed E-state index contributed by atoms with van der Waals surface area (Å²) in [5.74, 6) is 2.41. The summed E-state index contributed by atoms with van der Waals surface area (Å²) in [5, 5.41) is 10.0. The maximum absolute atomic E-state index is 12.7. The van der Waals surface area contributed by atoms with E-state index in [1.807, 2.05) is 39.8 Å². The minimum Gasteiger partial charge on any atom is -0.341 e. The van der Waals surface area contributed by atoms with Crippen LogP contribution in [0.15, 0.2) is 42.1 Å². The Kier molecular flexibility index (Phi) is 6.60. The van der Waals surface area contributed by atoms with Crippen molar-refractivity contribution in [3.05, 3.63) is 41.9 Å². The lowest BCUT2D eigenvalue weighted by Crippen LogP contribution is -2.43. The fraction of sp³-hybridized carbons (Fsp3) is 0.450. The molecule has 0 radical (unpaired) electrons. The number of nitrogens with zero attached hydrogens (tertiary/aromatic N) is 4. The van der Waals surface area contributed by atoms with Crippen LogP contribution in [0.1, 0.15) is 20.3 Å². The second kappa shape index (κ2) is 8.93. The molecule has 0 bridgehead atoms. The van der Waals surface area contributed by atoms with Gasteiger partial charge in [0.2, 0.25) is 5.91 Å². The summed E-state index contributed by atoms with van der Waals surface area (Å²) in [6, 6.07) is 7.50. The Hall–Kier alpha value is -1.79. The van der Waals surface area contributed by atoms with Crippen LogP contribution < -0.4 is 0 Å². The lowest BCUT2D eigenvalue weighted by molar-refractivity contribution is -0.130. The Morgan fingerprint density at radius 2 is 1.93 bits per heavy atom. The number of benzene rings is 1. The predicted molar refractivity (Wildman–Crippen MR) is 111 cm³/mol. The van der Waals surface area contributed by atoms with E-state index in [4.69, 9.17) is 11.6 Å². The van der Waals surface area contributed by atoms with E-state index in [9.17, 15) is 4.79 Å². The molecule has 7 heteroatoms. The largest absolute Gasteiger partial charge is 0.341 e. The van der Waals surface area contributed by atoms with Gasteiger partial charge in [0.25, 0.3) is 0 Å². The summed E-state index contributed by atoms with van der Waals surface area (Å²) in [6.07, 6.45) is 3.00. The molecule has 1 aliphatic rings. The molecule has 0 spiro atoms. The minimum atomic E-state index is 0.166. The zero-order valence-corrected chi connectivity index (χ0v) is 17.3. The van der Waals surface area contributed by atoms with Crippen LogP contribution in [0.3, 0.4) is 0 Å². The maximum Gasteiger partial charge on any atom is 0.233 e. The van der Waals surface area contributed by atoms with Crippen LogP contribution >= 0.6 is 23.4 Å². The number of hydrogen-bond donors (Lipinski definition) is 0. The number of carbonyl (C=O) groups excluding carboxylic acids is 1. The zero-order chi connectivity index (χ0) is 19.4. The van der Waals surface area contributed by atoms with Crippen molar-refractivity contribution in [1.82, 2.24) is 19.7 Å². The summed E-state index contributed by atoms with van der Waals surface area (Å²) in [5.41, 5.74) is 0.936. The highest BCUT2D eigenvalue weighted by Gasteiger charge is 2.26. The van der Waals surface area contributed by atoms with Gasteiger partial charge in [0.1, 0.15) is 0 Å². The molecule has 1 aliphatic heterocycles. The van der Waals surface area contributed by atoms with Crippen molar-refractivity contribution < 1.29 is 4.79 Å². The van der Waals surface area contributed by atoms with Gasteiger partial charge in [-0.15, -0.1) is 16.8 Å². The monoisotopic (exact) mass is 404 g/mol. The van der Waals surface area contributed by atoms with Crippen molar-refractivity contribution in [2.75, 3.05) is 18.8 Å². The number of rotatable bonds is 6. The average Bonchev–Trinajstić information content (AvgIpc) is 3.02. The van der Waals surface area contributed by atoms with Crippen LogP contribution in [0.4, 0.5) is 0 Å². The van der Waals surface area contributed by atoms with Crippen LogP contribution in [0.5, 0.6) is 0 Å². The van der Waals surface area contributed by atoms with E-state index in [2.05, 4.69) is 30.6 Å². The summed E-state index contributed by atoms with van der Waals surface area (Å²) in [7, 11) is 0. The SMILES string of the molecule is C=CCn1c(SCC(=O)N2C[C@H](C)C[C@H](C)C2)nnc1-c1ccc(Cl)cc1. The van der Waals surface area contributed by atoms with Crippen molar-refractivity contribution in [3.63, 3.8) is 0 Å². The third-order valence-electron chi connectivity index (χ3n) is 4.68. The number of hydrogen-bond acceptors (Lipinski definition) is 4. The molecule has 1 saturated heterocycles. The van der Waals surface area contributed by atoms with Gasteiger partial charge in [0.05, 0.1) is 5.75 Å². The van der Waals surface area contributed by atoms with Crippen LogP contribution in [-0.2, 0) is 11.3 Å². The molecule has 1 fully saturated rings. The second-order valence-corrected chi connectivity index (χ2v) is 8.62. The Bertz CT molecular complexity index is 795. The maximum atomic E-state index is 12.7. The number of amides is 1. The topological polar surface area (TPSA) is 51.0 Å². The lowest BCUT2D eigenvalue weighted by Gasteiger charge is -2.34. The van der Waals surface area contributed by atoms with E-state index in [1.165, 1.54) is 18.2 Å². The Labute approximate surface area is 169 Å². The van der Waals surface area contributed by atoms with Gasteiger partial charge in [-0.25, -0.2) is 0 Å². The standard InChI is InChI=1S/C20H25ClN4OS/c1-4-9-25-19(16-5-7-17(21)8-6-16)22-23-20(25)27-13-18(26)24-11-14(2)10-15(3)12-24/h4-8,14-15H,1,9-13H2,2-3H3/t14-,15+. The molecule has 1 aromatic carbocycles. The highest BCUT2D eigenvalue weighted by atomic mass is 35.5. The molecular formula is C20H25ClN4OS. The number of piperidine rings is 1. The molecule has 5 nitrogen and oxygen atoms in total. The van der Waals surface area contributed by atoms with Gasteiger partial charge in [-0.2, -0.15) is 0 Å². The molecule has 0 N–H and O–H groups in total. The first-order chi connectivity index (χ1) is 13.0. The van der Waals surface area contributed by atoms with Gasteiger partial charge in [0, 0.05) is 30.2 Å². The second-order valence-electron chi connectivity index (χ2n) is 7.25. The molecule has 0 saturated carbocycles. The average molecular weight is 405 g/mol. The van der Waals surface area contributed by atoms with Crippen molar-refractivity contribution in [3.8, 4) is 11.4 Å². The molecule has 0 unspecified atom stereocenters. The number of likely N-dealkylation sites (tertiary alicyclic amines) is 1. The fourth-order valence-electron chi connectivity index (χ4n) is 3.59. The summed E-state index contributed by atoms with van der Waals surface area (Å²) in [4.78, 5) is 14.6. The summed E-state index contributed by atoms with van der Waals surface area (Å²) < 4.78 is 1.98. The van der Waals surface area contributed by atoms with Crippen LogP contribution in [0.2, 0.25) is 5.02 Å². The molecule has 27 heavy (non-hydrogen) atoms. The van der Waals surface area contributed by atoms with E-state index < -0.39 is 0 Å². The van der Waals surface area contributed by atoms with Gasteiger partial charge >= 0.3 is 0 Å². The van der Waals surface area contributed by atoms with Crippen molar-refractivity contribution in [2.45, 2.75) is 32.0 Å². The first-order valence-corrected chi connectivity index (χ1v) is 10.5. The zero-order valence-electron chi connectivity index (χ0n) is 15.8. The third-order valence-corrected chi connectivity index (χ3v) is 5.88. The molecule has 3 rings (SSSR count). The Morgan fingerprint density at radius 1 is 1.26 bits per heavy atom. The minimum absolute atomic E-state index is 0.166.